The minimum absolute atomic E-state index is 0.0217. The number of nitrogens with zero attached hydrogens (tertiary/aromatic N) is 1. The van der Waals surface area contributed by atoms with Crippen LogP contribution >= 0.6 is 0 Å². The Kier molecular flexibility index (Phi) is 2.30. The highest BCUT2D eigenvalue weighted by Gasteiger charge is 2.17. The fourth-order valence-electron chi connectivity index (χ4n) is 1.42. The Bertz CT molecular complexity index is 133. The number of likely N-dealkylation sites (tertiary alicyclic amines) is 1. The average molecular weight is 140 g/mol. The van der Waals surface area contributed by atoms with Gasteiger partial charge < -0.3 is 4.90 Å². The first kappa shape index (κ1) is 7.58. The van der Waals surface area contributed by atoms with Crippen LogP contribution in [-0.4, -0.2) is 23.9 Å². The van der Waals surface area contributed by atoms with Crippen LogP contribution in [0.2, 0.25) is 0 Å². The number of hydrogen-bond donors (Lipinski definition) is 0. The molecule has 0 saturated carbocycles. The van der Waals surface area contributed by atoms with Gasteiger partial charge in [-0.25, -0.2) is 0 Å². The fourth-order valence-corrected chi connectivity index (χ4v) is 1.42. The smallest absolute Gasteiger partial charge is 0.223 e. The van der Waals surface area contributed by atoms with E-state index in [1.54, 1.807) is 0 Å². The Labute approximate surface area is 62.2 Å². The van der Waals surface area contributed by atoms with E-state index in [-0.39, 0.29) is 5.91 Å². The Balaban J connectivity index is 2.39. The van der Waals surface area contributed by atoms with E-state index < -0.39 is 0 Å². The van der Waals surface area contributed by atoms with E-state index in [2.05, 4.69) is 13.8 Å². The van der Waals surface area contributed by atoms with Crippen molar-refractivity contribution in [1.82, 2.24) is 4.90 Å². The molecule has 1 fully saturated rings. The number of amides is 1. The summed E-state index contributed by atoms with van der Waals surface area (Å²) in [6.07, 6.45) is 2.40. The quantitative estimate of drug-likeness (QED) is 0.493. The van der Waals surface area contributed by atoms with Crippen molar-refractivity contribution < 1.29 is 4.79 Å². The van der Waals surface area contributed by atoms with Gasteiger partial charge in [0.05, 0.1) is 0 Å². The summed E-state index contributed by atoms with van der Waals surface area (Å²) in [4.78, 5) is 12.6. The van der Waals surface area contributed by atoms with Crippen LogP contribution in [0, 0.1) is 12.8 Å². The molecule has 0 spiro atoms. The fraction of sp³-hybridized carbons (Fsp3) is 0.750. The van der Waals surface area contributed by atoms with Crippen molar-refractivity contribution in [3.8, 4) is 0 Å². The summed E-state index contributed by atoms with van der Waals surface area (Å²) in [5.41, 5.74) is 0. The summed E-state index contributed by atoms with van der Waals surface area (Å²) in [7, 11) is 0. The van der Waals surface area contributed by atoms with Crippen LogP contribution < -0.4 is 0 Å². The highest BCUT2D eigenvalue weighted by molar-refractivity contribution is 5.80. The number of rotatable bonds is 0. The second kappa shape index (κ2) is 3.04. The molecule has 1 heterocycles. The summed E-state index contributed by atoms with van der Waals surface area (Å²) in [5, 5.41) is 0. The van der Waals surface area contributed by atoms with Gasteiger partial charge in [-0.3, -0.25) is 4.79 Å². The average Bonchev–Trinajstić information content (AvgIpc) is 1.88. The van der Waals surface area contributed by atoms with Crippen molar-refractivity contribution in [3.63, 3.8) is 0 Å². The van der Waals surface area contributed by atoms with Gasteiger partial charge in [-0.15, -0.1) is 0 Å². The maximum absolute atomic E-state index is 10.8. The van der Waals surface area contributed by atoms with Crippen molar-refractivity contribution in [3.05, 3.63) is 6.92 Å². The summed E-state index contributed by atoms with van der Waals surface area (Å²) in [6, 6.07) is 0. The lowest BCUT2D eigenvalue weighted by atomic mass is 10.0. The van der Waals surface area contributed by atoms with Gasteiger partial charge in [0.15, 0.2) is 0 Å². The number of carbonyl (C=O) groups is 1. The third-order valence-corrected chi connectivity index (χ3v) is 2.01. The molecule has 2 nitrogen and oxygen atoms in total. The predicted molar refractivity (Wildman–Crippen MR) is 40.3 cm³/mol. The van der Waals surface area contributed by atoms with Crippen LogP contribution in [0.4, 0.5) is 0 Å². The lowest BCUT2D eigenvalue weighted by Crippen LogP contribution is -2.37. The summed E-state index contributed by atoms with van der Waals surface area (Å²) >= 11 is 0. The van der Waals surface area contributed by atoms with Crippen LogP contribution in [0.3, 0.4) is 0 Å². The van der Waals surface area contributed by atoms with Crippen LogP contribution in [0.1, 0.15) is 19.8 Å². The molecule has 1 saturated heterocycles. The molecule has 1 aliphatic heterocycles. The van der Waals surface area contributed by atoms with Gasteiger partial charge >= 0.3 is 0 Å². The Morgan fingerprint density at radius 3 is 2.80 bits per heavy atom. The summed E-state index contributed by atoms with van der Waals surface area (Å²) < 4.78 is 0. The lowest BCUT2D eigenvalue weighted by Gasteiger charge is -2.29. The second-order valence-corrected chi connectivity index (χ2v) is 3.09. The minimum atomic E-state index is -0.0217. The molecule has 0 aromatic rings. The Morgan fingerprint density at radius 1 is 1.70 bits per heavy atom. The zero-order valence-electron chi connectivity index (χ0n) is 6.47. The molecule has 1 aliphatic rings. The zero-order valence-corrected chi connectivity index (χ0v) is 6.47. The van der Waals surface area contributed by atoms with Gasteiger partial charge in [-0.2, -0.15) is 0 Å². The molecule has 2 heteroatoms. The Morgan fingerprint density at radius 2 is 2.40 bits per heavy atom. The number of piperidine rings is 1. The molecule has 0 aromatic heterocycles. The van der Waals surface area contributed by atoms with Crippen LogP contribution in [0.5, 0.6) is 0 Å². The van der Waals surface area contributed by atoms with Crippen molar-refractivity contribution >= 4 is 5.91 Å². The Hall–Kier alpha value is -0.530. The van der Waals surface area contributed by atoms with Crippen LogP contribution in [-0.2, 0) is 4.79 Å². The first-order chi connectivity index (χ1) is 4.70. The molecule has 1 amide bonds. The standard InChI is InChI=1S/C8H14NO/c1-7-4-3-5-9(6-7)8(2)10/h7H,2-6H2,1H3. The van der Waals surface area contributed by atoms with E-state index in [0.717, 1.165) is 19.5 Å². The van der Waals surface area contributed by atoms with Crippen molar-refractivity contribution in [1.29, 1.82) is 0 Å². The molecule has 1 atom stereocenters. The SMILES string of the molecule is [CH2]C(=O)N1CCCC(C)C1. The van der Waals surface area contributed by atoms with E-state index in [1.165, 1.54) is 6.42 Å². The van der Waals surface area contributed by atoms with E-state index in [9.17, 15) is 4.79 Å². The highest BCUT2D eigenvalue weighted by atomic mass is 16.2. The molecule has 0 bridgehead atoms. The first-order valence-electron chi connectivity index (χ1n) is 3.81. The van der Waals surface area contributed by atoms with Gasteiger partial charge in [0.2, 0.25) is 5.91 Å². The second-order valence-electron chi connectivity index (χ2n) is 3.09. The summed E-state index contributed by atoms with van der Waals surface area (Å²) in [6.45, 7) is 7.37. The van der Waals surface area contributed by atoms with Crippen molar-refractivity contribution in [2.24, 2.45) is 5.92 Å². The first-order valence-corrected chi connectivity index (χ1v) is 3.81. The molecule has 1 rings (SSSR count). The molecule has 1 radical (unpaired) electrons. The lowest BCUT2D eigenvalue weighted by molar-refractivity contribution is -0.127. The molecular formula is C8H14NO. The normalized spacial score (nSPS) is 26.6. The van der Waals surface area contributed by atoms with E-state index in [1.807, 2.05) is 4.90 Å². The van der Waals surface area contributed by atoms with Gasteiger partial charge in [0.25, 0.3) is 0 Å². The maximum atomic E-state index is 10.8. The maximum Gasteiger partial charge on any atom is 0.223 e. The zero-order chi connectivity index (χ0) is 7.56. The van der Waals surface area contributed by atoms with Crippen LogP contribution in [0.15, 0.2) is 0 Å². The van der Waals surface area contributed by atoms with Gasteiger partial charge in [-0.05, 0) is 18.8 Å². The predicted octanol–water partition coefficient (Wildman–Crippen LogP) is 1.08. The van der Waals surface area contributed by atoms with Crippen molar-refractivity contribution in [2.45, 2.75) is 19.8 Å². The number of hydrogen-bond acceptors (Lipinski definition) is 1. The third kappa shape index (κ3) is 1.72. The monoisotopic (exact) mass is 140 g/mol. The highest BCUT2D eigenvalue weighted by Crippen LogP contribution is 2.14. The van der Waals surface area contributed by atoms with Gasteiger partial charge in [0.1, 0.15) is 0 Å². The van der Waals surface area contributed by atoms with E-state index >= 15 is 0 Å². The largest absolute Gasteiger partial charge is 0.342 e. The molecule has 1 unspecified atom stereocenters. The van der Waals surface area contributed by atoms with E-state index in [0.29, 0.717) is 5.92 Å². The summed E-state index contributed by atoms with van der Waals surface area (Å²) in [5.74, 6) is 0.644. The van der Waals surface area contributed by atoms with Gasteiger partial charge in [-0.1, -0.05) is 6.92 Å². The topological polar surface area (TPSA) is 20.3 Å². The molecule has 10 heavy (non-hydrogen) atoms. The molecule has 0 aliphatic carbocycles. The molecule has 57 valence electrons. The van der Waals surface area contributed by atoms with Gasteiger partial charge in [0, 0.05) is 20.0 Å². The molecule has 0 N–H and O–H groups in total. The third-order valence-electron chi connectivity index (χ3n) is 2.01. The van der Waals surface area contributed by atoms with E-state index in [4.69, 9.17) is 0 Å². The van der Waals surface area contributed by atoms with Crippen LogP contribution in [0.25, 0.3) is 0 Å². The molecular weight excluding hydrogens is 126 g/mol. The number of carbonyl (C=O) groups excluding carboxylic acids is 1. The molecule has 0 aromatic carbocycles. The van der Waals surface area contributed by atoms with Crippen molar-refractivity contribution in [2.75, 3.05) is 13.1 Å². The minimum Gasteiger partial charge on any atom is -0.342 e.